The van der Waals surface area contributed by atoms with Crippen molar-refractivity contribution >= 4 is 11.6 Å². The molecule has 0 spiro atoms. The Labute approximate surface area is 109 Å². The fraction of sp³-hybridized carbons (Fsp3) is 0.0714. The molecule has 0 aliphatic carbocycles. The highest BCUT2D eigenvalue weighted by Crippen LogP contribution is 2.30. The van der Waals surface area contributed by atoms with Gasteiger partial charge in [-0.15, -0.1) is 0 Å². The standard InChI is InChI=1S/C14H13FN2O2/c1-8-2-4-10(15)12(6-8)19-13-7-9(14(17)18)3-5-11(13)16/h2-7H,16H2,1H3,(H2,17,18). The maximum Gasteiger partial charge on any atom is 0.248 e. The average Bonchev–Trinajstić information content (AvgIpc) is 2.36. The topological polar surface area (TPSA) is 78.3 Å². The maximum atomic E-state index is 13.6. The molecular weight excluding hydrogens is 247 g/mol. The predicted octanol–water partition coefficient (Wildman–Crippen LogP) is 2.61. The summed E-state index contributed by atoms with van der Waals surface area (Å²) in [6, 6.07) is 8.84. The van der Waals surface area contributed by atoms with E-state index in [-0.39, 0.29) is 17.1 Å². The first-order valence-corrected chi connectivity index (χ1v) is 5.60. The van der Waals surface area contributed by atoms with Gasteiger partial charge in [0.05, 0.1) is 5.69 Å². The van der Waals surface area contributed by atoms with Crippen molar-refractivity contribution in [3.8, 4) is 11.5 Å². The van der Waals surface area contributed by atoms with Crippen molar-refractivity contribution in [2.24, 2.45) is 5.73 Å². The Bertz CT molecular complexity index is 641. The van der Waals surface area contributed by atoms with Crippen molar-refractivity contribution in [1.82, 2.24) is 0 Å². The number of primary amides is 1. The summed E-state index contributed by atoms with van der Waals surface area (Å²) in [6.45, 7) is 1.81. The molecule has 4 nitrogen and oxygen atoms in total. The number of carbonyl (C=O) groups excluding carboxylic acids is 1. The Morgan fingerprint density at radius 3 is 2.58 bits per heavy atom. The summed E-state index contributed by atoms with van der Waals surface area (Å²) >= 11 is 0. The van der Waals surface area contributed by atoms with Crippen LogP contribution in [-0.4, -0.2) is 5.91 Å². The molecule has 98 valence electrons. The molecule has 2 aromatic carbocycles. The zero-order valence-corrected chi connectivity index (χ0v) is 10.3. The molecule has 0 aliphatic heterocycles. The van der Waals surface area contributed by atoms with Crippen molar-refractivity contribution in [1.29, 1.82) is 0 Å². The molecule has 0 aliphatic rings. The van der Waals surface area contributed by atoms with Gasteiger partial charge < -0.3 is 16.2 Å². The van der Waals surface area contributed by atoms with E-state index < -0.39 is 11.7 Å². The predicted molar refractivity (Wildman–Crippen MR) is 70.6 cm³/mol. The van der Waals surface area contributed by atoms with Crippen LogP contribution in [-0.2, 0) is 0 Å². The van der Waals surface area contributed by atoms with Gasteiger partial charge in [0.2, 0.25) is 5.91 Å². The number of halogens is 1. The fourth-order valence-electron chi connectivity index (χ4n) is 1.58. The summed E-state index contributed by atoms with van der Waals surface area (Å²) in [6.07, 6.45) is 0. The van der Waals surface area contributed by atoms with Crippen LogP contribution in [0.2, 0.25) is 0 Å². The van der Waals surface area contributed by atoms with Crippen LogP contribution in [0.5, 0.6) is 11.5 Å². The number of hydrogen-bond acceptors (Lipinski definition) is 3. The second-order valence-electron chi connectivity index (χ2n) is 4.15. The van der Waals surface area contributed by atoms with Crippen LogP contribution >= 0.6 is 0 Å². The fourth-order valence-corrected chi connectivity index (χ4v) is 1.58. The van der Waals surface area contributed by atoms with Gasteiger partial charge in [0.25, 0.3) is 0 Å². The second kappa shape index (κ2) is 4.97. The Kier molecular flexibility index (Phi) is 3.37. The van der Waals surface area contributed by atoms with Gasteiger partial charge >= 0.3 is 0 Å². The van der Waals surface area contributed by atoms with Gasteiger partial charge in [0, 0.05) is 5.56 Å². The van der Waals surface area contributed by atoms with E-state index in [1.54, 1.807) is 12.1 Å². The van der Waals surface area contributed by atoms with Crippen molar-refractivity contribution in [3.63, 3.8) is 0 Å². The number of rotatable bonds is 3. The molecule has 0 bridgehead atoms. The van der Waals surface area contributed by atoms with Gasteiger partial charge in [0.1, 0.15) is 0 Å². The number of nitrogen functional groups attached to an aromatic ring is 1. The van der Waals surface area contributed by atoms with Gasteiger partial charge in [-0.1, -0.05) is 6.07 Å². The van der Waals surface area contributed by atoms with E-state index in [4.69, 9.17) is 16.2 Å². The van der Waals surface area contributed by atoms with Gasteiger partial charge in [0.15, 0.2) is 17.3 Å². The third kappa shape index (κ3) is 2.82. The number of benzene rings is 2. The molecule has 0 saturated carbocycles. The highest BCUT2D eigenvalue weighted by atomic mass is 19.1. The minimum absolute atomic E-state index is 0.0494. The SMILES string of the molecule is Cc1ccc(F)c(Oc2cc(C(N)=O)ccc2N)c1. The largest absolute Gasteiger partial charge is 0.452 e. The lowest BCUT2D eigenvalue weighted by molar-refractivity contribution is 0.1000. The van der Waals surface area contributed by atoms with Crippen LogP contribution in [0, 0.1) is 12.7 Å². The van der Waals surface area contributed by atoms with E-state index in [9.17, 15) is 9.18 Å². The Morgan fingerprint density at radius 1 is 1.16 bits per heavy atom. The first-order valence-electron chi connectivity index (χ1n) is 5.60. The highest BCUT2D eigenvalue weighted by molar-refractivity contribution is 5.93. The zero-order valence-electron chi connectivity index (χ0n) is 10.3. The van der Waals surface area contributed by atoms with E-state index in [2.05, 4.69) is 0 Å². The molecule has 2 aromatic rings. The normalized spacial score (nSPS) is 10.2. The monoisotopic (exact) mass is 260 g/mol. The molecule has 0 saturated heterocycles. The molecular formula is C14H13FN2O2. The van der Waals surface area contributed by atoms with Crippen LogP contribution in [0.3, 0.4) is 0 Å². The molecule has 19 heavy (non-hydrogen) atoms. The third-order valence-corrected chi connectivity index (χ3v) is 2.60. The molecule has 0 radical (unpaired) electrons. The van der Waals surface area contributed by atoms with Gasteiger partial charge in [-0.25, -0.2) is 4.39 Å². The van der Waals surface area contributed by atoms with Crippen molar-refractivity contribution < 1.29 is 13.9 Å². The highest BCUT2D eigenvalue weighted by Gasteiger charge is 2.10. The lowest BCUT2D eigenvalue weighted by Gasteiger charge is -2.10. The van der Waals surface area contributed by atoms with Crippen molar-refractivity contribution in [3.05, 3.63) is 53.3 Å². The minimum Gasteiger partial charge on any atom is -0.452 e. The molecule has 0 aromatic heterocycles. The maximum absolute atomic E-state index is 13.6. The number of aryl methyl sites for hydroxylation is 1. The van der Waals surface area contributed by atoms with E-state index in [0.29, 0.717) is 5.69 Å². The number of amides is 1. The van der Waals surface area contributed by atoms with E-state index >= 15 is 0 Å². The van der Waals surface area contributed by atoms with Crippen LogP contribution < -0.4 is 16.2 Å². The van der Waals surface area contributed by atoms with E-state index in [1.807, 2.05) is 6.92 Å². The first-order chi connectivity index (χ1) is 8.97. The number of anilines is 1. The van der Waals surface area contributed by atoms with Crippen LogP contribution in [0.4, 0.5) is 10.1 Å². The third-order valence-electron chi connectivity index (χ3n) is 2.60. The molecule has 4 N–H and O–H groups in total. The molecule has 0 heterocycles. The molecule has 1 amide bonds. The van der Waals surface area contributed by atoms with Gasteiger partial charge in [-0.3, -0.25) is 4.79 Å². The van der Waals surface area contributed by atoms with Crippen molar-refractivity contribution in [2.75, 3.05) is 5.73 Å². The van der Waals surface area contributed by atoms with Crippen LogP contribution in [0.1, 0.15) is 15.9 Å². The van der Waals surface area contributed by atoms with Gasteiger partial charge in [-0.2, -0.15) is 0 Å². The summed E-state index contributed by atoms with van der Waals surface area (Å²) in [5.74, 6) is -0.863. The Balaban J connectivity index is 2.40. The van der Waals surface area contributed by atoms with Crippen LogP contribution in [0.15, 0.2) is 36.4 Å². The Morgan fingerprint density at radius 2 is 1.89 bits per heavy atom. The molecule has 0 unspecified atom stereocenters. The molecule has 5 heteroatoms. The lowest BCUT2D eigenvalue weighted by Crippen LogP contribution is -2.11. The average molecular weight is 260 g/mol. The smallest absolute Gasteiger partial charge is 0.248 e. The summed E-state index contributed by atoms with van der Waals surface area (Å²) in [7, 11) is 0. The first kappa shape index (κ1) is 12.9. The summed E-state index contributed by atoms with van der Waals surface area (Å²) in [5, 5.41) is 0. The summed E-state index contributed by atoms with van der Waals surface area (Å²) in [5.41, 5.74) is 12.3. The van der Waals surface area contributed by atoms with Crippen molar-refractivity contribution in [2.45, 2.75) is 6.92 Å². The lowest BCUT2D eigenvalue weighted by atomic mass is 10.2. The van der Waals surface area contributed by atoms with E-state index in [1.165, 1.54) is 24.3 Å². The quantitative estimate of drug-likeness (QED) is 0.832. The number of nitrogens with two attached hydrogens (primary N) is 2. The van der Waals surface area contributed by atoms with Gasteiger partial charge in [-0.05, 0) is 42.8 Å². The molecule has 0 atom stereocenters. The summed E-state index contributed by atoms with van der Waals surface area (Å²) in [4.78, 5) is 11.1. The number of ether oxygens (including phenoxy) is 1. The summed E-state index contributed by atoms with van der Waals surface area (Å²) < 4.78 is 19.0. The van der Waals surface area contributed by atoms with E-state index in [0.717, 1.165) is 5.56 Å². The number of hydrogen-bond donors (Lipinski definition) is 2. The minimum atomic E-state index is -0.602. The zero-order chi connectivity index (χ0) is 14.0. The number of carbonyl (C=O) groups is 1. The Hall–Kier alpha value is -2.56. The molecule has 0 fully saturated rings. The van der Waals surface area contributed by atoms with Crippen LogP contribution in [0.25, 0.3) is 0 Å². The second-order valence-corrected chi connectivity index (χ2v) is 4.15. The molecule has 2 rings (SSSR count).